The lowest BCUT2D eigenvalue weighted by Gasteiger charge is -2.20. The molecule has 1 heterocycles. The third-order valence-electron chi connectivity index (χ3n) is 5.66. The van der Waals surface area contributed by atoms with Crippen LogP contribution in [0.1, 0.15) is 34.0 Å². The highest BCUT2D eigenvalue weighted by atomic mass is 15.3. The van der Waals surface area contributed by atoms with Crippen molar-refractivity contribution in [3.05, 3.63) is 88.7 Å². The lowest BCUT2D eigenvalue weighted by Crippen LogP contribution is -2.40. The molecule has 158 valence electrons. The zero-order valence-corrected chi connectivity index (χ0v) is 18.5. The Bertz CT molecular complexity index is 944. The molecule has 2 aromatic carbocycles. The molecule has 30 heavy (non-hydrogen) atoms. The summed E-state index contributed by atoms with van der Waals surface area (Å²) in [6.45, 7) is 5.84. The molecule has 0 amide bonds. The highest BCUT2D eigenvalue weighted by molar-refractivity contribution is 5.79. The Kier molecular flexibility index (Phi) is 7.66. The number of aryl methyl sites for hydroxylation is 2. The molecule has 1 atom stereocenters. The van der Waals surface area contributed by atoms with E-state index in [4.69, 9.17) is 0 Å². The minimum absolute atomic E-state index is 0.370. The van der Waals surface area contributed by atoms with Crippen LogP contribution in [0.15, 0.2) is 65.7 Å². The number of benzene rings is 2. The van der Waals surface area contributed by atoms with E-state index in [0.717, 1.165) is 37.6 Å². The molecular weight excluding hydrogens is 370 g/mol. The van der Waals surface area contributed by atoms with Gasteiger partial charge < -0.3 is 10.6 Å². The van der Waals surface area contributed by atoms with E-state index < -0.39 is 0 Å². The van der Waals surface area contributed by atoms with Gasteiger partial charge in [0.1, 0.15) is 0 Å². The lowest BCUT2D eigenvalue weighted by molar-refractivity contribution is 0.644. The van der Waals surface area contributed by atoms with Gasteiger partial charge in [-0.3, -0.25) is 9.67 Å². The van der Waals surface area contributed by atoms with Gasteiger partial charge >= 0.3 is 0 Å². The van der Waals surface area contributed by atoms with Gasteiger partial charge in [0.2, 0.25) is 0 Å². The monoisotopic (exact) mass is 403 g/mol. The van der Waals surface area contributed by atoms with Crippen molar-refractivity contribution in [3.8, 4) is 0 Å². The Morgan fingerprint density at radius 2 is 1.67 bits per heavy atom. The Hall–Kier alpha value is -3.08. The van der Waals surface area contributed by atoms with Crippen LogP contribution in [0.2, 0.25) is 0 Å². The molecule has 0 aliphatic heterocycles. The summed E-state index contributed by atoms with van der Waals surface area (Å²) in [5, 5.41) is 11.5. The Morgan fingerprint density at radius 3 is 2.27 bits per heavy atom. The van der Waals surface area contributed by atoms with Crippen LogP contribution in [0.3, 0.4) is 0 Å². The van der Waals surface area contributed by atoms with E-state index >= 15 is 0 Å². The molecule has 0 fully saturated rings. The number of nitrogens with one attached hydrogen (secondary N) is 2. The fourth-order valence-electron chi connectivity index (χ4n) is 3.86. The van der Waals surface area contributed by atoms with Crippen LogP contribution in [0.4, 0.5) is 0 Å². The summed E-state index contributed by atoms with van der Waals surface area (Å²) in [4.78, 5) is 4.42. The molecule has 3 rings (SSSR count). The van der Waals surface area contributed by atoms with E-state index in [1.54, 1.807) is 0 Å². The molecule has 1 aromatic heterocycles. The van der Waals surface area contributed by atoms with Gasteiger partial charge in [-0.05, 0) is 43.4 Å². The molecule has 5 nitrogen and oxygen atoms in total. The first-order chi connectivity index (χ1) is 14.6. The maximum Gasteiger partial charge on any atom is 0.191 e. The molecule has 0 aliphatic carbocycles. The van der Waals surface area contributed by atoms with E-state index in [-0.39, 0.29) is 0 Å². The summed E-state index contributed by atoms with van der Waals surface area (Å²) in [6.07, 6.45) is 1.92. The molecule has 2 N–H and O–H groups in total. The topological polar surface area (TPSA) is 54.2 Å². The van der Waals surface area contributed by atoms with E-state index in [0.29, 0.717) is 5.92 Å². The van der Waals surface area contributed by atoms with Crippen LogP contribution in [0, 0.1) is 13.8 Å². The number of hydrogen-bond acceptors (Lipinski definition) is 2. The molecule has 0 bridgehead atoms. The first-order valence-electron chi connectivity index (χ1n) is 10.6. The lowest BCUT2D eigenvalue weighted by atomic mass is 9.92. The van der Waals surface area contributed by atoms with Crippen LogP contribution in [0.5, 0.6) is 0 Å². The molecule has 0 spiro atoms. The van der Waals surface area contributed by atoms with E-state index in [1.807, 2.05) is 18.8 Å². The van der Waals surface area contributed by atoms with Gasteiger partial charge in [0.25, 0.3) is 0 Å². The number of nitrogens with zero attached hydrogens (tertiary/aromatic N) is 3. The SMILES string of the molecule is CN=C(NCCc1c(C)nn(C)c1C)NCC(Cc1ccccc1)c1ccccc1. The second kappa shape index (κ2) is 10.6. The number of hydrogen-bond donors (Lipinski definition) is 2. The molecule has 0 aliphatic rings. The normalized spacial score (nSPS) is 12.6. The molecule has 0 radical (unpaired) electrons. The van der Waals surface area contributed by atoms with Gasteiger partial charge in [-0.2, -0.15) is 5.10 Å². The van der Waals surface area contributed by atoms with Crippen molar-refractivity contribution < 1.29 is 0 Å². The minimum Gasteiger partial charge on any atom is -0.356 e. The van der Waals surface area contributed by atoms with E-state index in [1.165, 1.54) is 22.4 Å². The van der Waals surface area contributed by atoms with Gasteiger partial charge in [0.05, 0.1) is 5.69 Å². The summed E-state index contributed by atoms with van der Waals surface area (Å²) in [5.41, 5.74) is 6.33. The molecule has 5 heteroatoms. The third-order valence-corrected chi connectivity index (χ3v) is 5.66. The zero-order chi connectivity index (χ0) is 21.3. The van der Waals surface area contributed by atoms with E-state index in [2.05, 4.69) is 95.2 Å². The van der Waals surface area contributed by atoms with Crippen LogP contribution in [-0.2, 0) is 19.9 Å². The van der Waals surface area contributed by atoms with Gasteiger partial charge in [-0.15, -0.1) is 0 Å². The van der Waals surface area contributed by atoms with Crippen LogP contribution in [0.25, 0.3) is 0 Å². The summed E-state index contributed by atoms with van der Waals surface area (Å²) in [5.74, 6) is 1.21. The van der Waals surface area contributed by atoms with Crippen molar-refractivity contribution in [2.45, 2.75) is 32.6 Å². The highest BCUT2D eigenvalue weighted by Gasteiger charge is 2.14. The fraction of sp³-hybridized carbons (Fsp3) is 0.360. The largest absolute Gasteiger partial charge is 0.356 e. The Balaban J connectivity index is 1.59. The number of aliphatic imine (C=N–C) groups is 1. The fourth-order valence-corrected chi connectivity index (χ4v) is 3.86. The number of guanidine groups is 1. The van der Waals surface area contributed by atoms with E-state index in [9.17, 15) is 0 Å². The smallest absolute Gasteiger partial charge is 0.191 e. The minimum atomic E-state index is 0.370. The van der Waals surface area contributed by atoms with Crippen molar-refractivity contribution in [2.24, 2.45) is 12.0 Å². The average molecular weight is 404 g/mol. The second-order valence-electron chi connectivity index (χ2n) is 7.70. The standard InChI is InChI=1S/C25H33N5/c1-19-24(20(2)30(4)29-19)15-16-27-25(26-3)28-18-23(22-13-9-6-10-14-22)17-21-11-7-5-8-12-21/h5-14,23H,15-18H2,1-4H3,(H2,26,27,28). The molecule has 0 saturated heterocycles. The third kappa shape index (κ3) is 5.72. The number of rotatable bonds is 8. The summed E-state index contributed by atoms with van der Waals surface area (Å²) in [7, 11) is 3.82. The summed E-state index contributed by atoms with van der Waals surface area (Å²) < 4.78 is 1.95. The molecular formula is C25H33N5. The first-order valence-corrected chi connectivity index (χ1v) is 10.6. The molecule has 3 aromatic rings. The predicted octanol–water partition coefficient (Wildman–Crippen LogP) is 3.77. The highest BCUT2D eigenvalue weighted by Crippen LogP contribution is 2.20. The average Bonchev–Trinajstić information content (AvgIpc) is 3.02. The summed E-state index contributed by atoms with van der Waals surface area (Å²) in [6, 6.07) is 21.4. The zero-order valence-electron chi connectivity index (χ0n) is 18.5. The van der Waals surface area contributed by atoms with Crippen molar-refractivity contribution in [2.75, 3.05) is 20.1 Å². The predicted molar refractivity (Wildman–Crippen MR) is 125 cm³/mol. The van der Waals surface area contributed by atoms with Gasteiger partial charge in [0.15, 0.2) is 5.96 Å². The maximum absolute atomic E-state index is 4.50. The van der Waals surface area contributed by atoms with Crippen LogP contribution >= 0.6 is 0 Å². The van der Waals surface area contributed by atoms with Crippen LogP contribution < -0.4 is 10.6 Å². The van der Waals surface area contributed by atoms with Gasteiger partial charge in [-0.25, -0.2) is 0 Å². The maximum atomic E-state index is 4.50. The first kappa shape index (κ1) is 21.6. The quantitative estimate of drug-likeness (QED) is 0.445. The molecule has 1 unspecified atom stereocenters. The molecule has 0 saturated carbocycles. The van der Waals surface area contributed by atoms with Gasteiger partial charge in [-0.1, -0.05) is 60.7 Å². The number of aromatic nitrogens is 2. The van der Waals surface area contributed by atoms with Gasteiger partial charge in [0, 0.05) is 38.8 Å². The second-order valence-corrected chi connectivity index (χ2v) is 7.70. The van der Waals surface area contributed by atoms with Crippen LogP contribution in [-0.4, -0.2) is 35.9 Å². The van der Waals surface area contributed by atoms with Crippen molar-refractivity contribution in [1.82, 2.24) is 20.4 Å². The summed E-state index contributed by atoms with van der Waals surface area (Å²) >= 11 is 0. The van der Waals surface area contributed by atoms with Crippen molar-refractivity contribution >= 4 is 5.96 Å². The Morgan fingerprint density at radius 1 is 1.00 bits per heavy atom. The van der Waals surface area contributed by atoms with Crippen molar-refractivity contribution in [1.29, 1.82) is 0 Å². The Labute approximate surface area is 180 Å². The van der Waals surface area contributed by atoms with Crippen molar-refractivity contribution in [3.63, 3.8) is 0 Å².